The molecule has 0 saturated carbocycles. The fourth-order valence-corrected chi connectivity index (χ4v) is 3.94. The number of carbonyl (C=O) groups is 1. The van der Waals surface area contributed by atoms with Crippen LogP contribution in [-0.4, -0.2) is 77.4 Å². The highest BCUT2D eigenvalue weighted by atomic mass is 32.2. The van der Waals surface area contributed by atoms with Crippen LogP contribution in [0.25, 0.3) is 0 Å². The summed E-state index contributed by atoms with van der Waals surface area (Å²) >= 11 is 1.94. The van der Waals surface area contributed by atoms with E-state index in [1.165, 1.54) is 0 Å². The molecule has 0 aromatic carbocycles. The molecule has 0 N–H and O–H groups in total. The normalized spacial score (nSPS) is 20.3. The van der Waals surface area contributed by atoms with Gasteiger partial charge in [-0.3, -0.25) is 4.68 Å². The molecule has 3 rings (SSSR count). The molecule has 0 aliphatic carbocycles. The van der Waals surface area contributed by atoms with Gasteiger partial charge in [0.05, 0.1) is 17.9 Å². The van der Waals surface area contributed by atoms with Crippen LogP contribution >= 0.6 is 11.8 Å². The van der Waals surface area contributed by atoms with Gasteiger partial charge in [0.15, 0.2) is 0 Å². The van der Waals surface area contributed by atoms with Gasteiger partial charge in [-0.1, -0.05) is 0 Å². The SMILES string of the molecule is CN(C)c1cnn(C2CCN(C(=O)N3CCSCC3)CC2)c1. The molecule has 2 fully saturated rings. The molecule has 2 aliphatic heterocycles. The Bertz CT molecular complexity index is 504. The number of anilines is 1. The predicted octanol–water partition coefficient (Wildman–Crippen LogP) is 1.75. The number of thioether (sulfide) groups is 1. The molecule has 0 spiro atoms. The van der Waals surface area contributed by atoms with Crippen LogP contribution < -0.4 is 4.90 Å². The first kappa shape index (κ1) is 15.5. The van der Waals surface area contributed by atoms with E-state index in [0.29, 0.717) is 6.04 Å². The third kappa shape index (κ3) is 3.34. The van der Waals surface area contributed by atoms with E-state index >= 15 is 0 Å². The van der Waals surface area contributed by atoms with Crippen LogP contribution in [-0.2, 0) is 0 Å². The number of rotatable bonds is 2. The fraction of sp³-hybridized carbons (Fsp3) is 0.733. The number of likely N-dealkylation sites (tertiary alicyclic amines) is 1. The maximum Gasteiger partial charge on any atom is 0.320 e. The molecule has 0 atom stereocenters. The van der Waals surface area contributed by atoms with E-state index in [1.54, 1.807) is 0 Å². The largest absolute Gasteiger partial charge is 0.375 e. The van der Waals surface area contributed by atoms with Gasteiger partial charge in [-0.05, 0) is 12.8 Å². The van der Waals surface area contributed by atoms with Crippen LogP contribution in [0, 0.1) is 0 Å². The van der Waals surface area contributed by atoms with E-state index in [-0.39, 0.29) is 6.03 Å². The van der Waals surface area contributed by atoms with Crippen molar-refractivity contribution in [3.8, 4) is 0 Å². The van der Waals surface area contributed by atoms with Gasteiger partial charge in [-0.15, -0.1) is 0 Å². The molecule has 7 heteroatoms. The lowest BCUT2D eigenvalue weighted by atomic mass is 10.1. The molecule has 22 heavy (non-hydrogen) atoms. The van der Waals surface area contributed by atoms with Crippen molar-refractivity contribution >= 4 is 23.5 Å². The average molecular weight is 323 g/mol. The molecule has 1 aromatic heterocycles. The van der Waals surface area contributed by atoms with Gasteiger partial charge in [0, 0.05) is 58.0 Å². The molecular formula is C15H25N5OS. The summed E-state index contributed by atoms with van der Waals surface area (Å²) < 4.78 is 2.06. The van der Waals surface area contributed by atoms with Crippen LogP contribution in [0.3, 0.4) is 0 Å². The Morgan fingerprint density at radius 2 is 1.82 bits per heavy atom. The summed E-state index contributed by atoms with van der Waals surface area (Å²) in [4.78, 5) is 18.6. The summed E-state index contributed by atoms with van der Waals surface area (Å²) in [5.41, 5.74) is 1.13. The van der Waals surface area contributed by atoms with E-state index in [1.807, 2.05) is 41.9 Å². The smallest absolute Gasteiger partial charge is 0.320 e. The van der Waals surface area contributed by atoms with Crippen molar-refractivity contribution < 1.29 is 4.79 Å². The van der Waals surface area contributed by atoms with E-state index in [9.17, 15) is 4.79 Å². The number of nitrogens with zero attached hydrogens (tertiary/aromatic N) is 5. The van der Waals surface area contributed by atoms with Crippen LogP contribution in [0.2, 0.25) is 0 Å². The van der Waals surface area contributed by atoms with Gasteiger partial charge in [0.2, 0.25) is 0 Å². The Balaban J connectivity index is 1.54. The number of aromatic nitrogens is 2. The first-order valence-electron chi connectivity index (χ1n) is 7.98. The number of carbonyl (C=O) groups excluding carboxylic acids is 1. The lowest BCUT2D eigenvalue weighted by Crippen LogP contribution is -2.49. The number of hydrogen-bond donors (Lipinski definition) is 0. The topological polar surface area (TPSA) is 44.6 Å². The minimum absolute atomic E-state index is 0.230. The van der Waals surface area contributed by atoms with Crippen molar-refractivity contribution in [1.82, 2.24) is 19.6 Å². The Morgan fingerprint density at radius 1 is 1.18 bits per heavy atom. The summed E-state index contributed by atoms with van der Waals surface area (Å²) in [6.45, 7) is 3.47. The van der Waals surface area contributed by atoms with Crippen LogP contribution in [0.5, 0.6) is 0 Å². The molecular weight excluding hydrogens is 298 g/mol. The lowest BCUT2D eigenvalue weighted by Gasteiger charge is -2.37. The quantitative estimate of drug-likeness (QED) is 0.832. The Labute approximate surface area is 136 Å². The summed E-state index contributed by atoms with van der Waals surface area (Å²) in [5.74, 6) is 2.14. The van der Waals surface area contributed by atoms with Gasteiger partial charge in [0.25, 0.3) is 0 Å². The molecule has 6 nitrogen and oxygen atoms in total. The second-order valence-corrected chi connectivity index (χ2v) is 7.40. The van der Waals surface area contributed by atoms with Crippen molar-refractivity contribution in [2.24, 2.45) is 0 Å². The van der Waals surface area contributed by atoms with E-state index < -0.39 is 0 Å². The summed E-state index contributed by atoms with van der Waals surface area (Å²) in [6, 6.07) is 0.642. The van der Waals surface area contributed by atoms with Crippen molar-refractivity contribution in [2.75, 3.05) is 56.7 Å². The molecule has 122 valence electrons. The minimum atomic E-state index is 0.230. The maximum atomic E-state index is 12.5. The second kappa shape index (κ2) is 6.81. The maximum absolute atomic E-state index is 12.5. The number of amides is 2. The Kier molecular flexibility index (Phi) is 4.81. The second-order valence-electron chi connectivity index (χ2n) is 6.17. The van der Waals surface area contributed by atoms with Gasteiger partial charge in [-0.25, -0.2) is 4.79 Å². The molecule has 2 aliphatic rings. The first-order chi connectivity index (χ1) is 10.6. The molecule has 0 unspecified atom stereocenters. The van der Waals surface area contributed by atoms with Crippen molar-refractivity contribution in [3.63, 3.8) is 0 Å². The van der Waals surface area contributed by atoms with E-state index in [4.69, 9.17) is 0 Å². The summed E-state index contributed by atoms with van der Waals surface area (Å²) in [6.07, 6.45) is 5.98. The zero-order valence-corrected chi connectivity index (χ0v) is 14.3. The highest BCUT2D eigenvalue weighted by molar-refractivity contribution is 7.99. The molecule has 1 aromatic rings. The summed E-state index contributed by atoms with van der Waals surface area (Å²) in [7, 11) is 4.05. The standard InChI is InChI=1S/C15H25N5OS/c1-17(2)14-11-16-20(12-14)13-3-5-18(6-4-13)15(21)19-7-9-22-10-8-19/h11-13H,3-10H2,1-2H3. The Morgan fingerprint density at radius 3 is 2.41 bits per heavy atom. The minimum Gasteiger partial charge on any atom is -0.375 e. The van der Waals surface area contributed by atoms with Crippen molar-refractivity contribution in [1.29, 1.82) is 0 Å². The highest BCUT2D eigenvalue weighted by Gasteiger charge is 2.28. The number of piperidine rings is 1. The van der Waals surface area contributed by atoms with Gasteiger partial charge >= 0.3 is 6.03 Å². The predicted molar refractivity (Wildman–Crippen MR) is 90.7 cm³/mol. The van der Waals surface area contributed by atoms with Gasteiger partial charge < -0.3 is 14.7 Å². The first-order valence-corrected chi connectivity index (χ1v) is 9.13. The lowest BCUT2D eigenvalue weighted by molar-refractivity contribution is 0.135. The van der Waals surface area contributed by atoms with Crippen molar-refractivity contribution in [2.45, 2.75) is 18.9 Å². The third-order valence-electron chi connectivity index (χ3n) is 4.50. The van der Waals surface area contributed by atoms with Crippen molar-refractivity contribution in [3.05, 3.63) is 12.4 Å². The van der Waals surface area contributed by atoms with E-state index in [2.05, 4.69) is 20.9 Å². The monoisotopic (exact) mass is 323 g/mol. The molecule has 0 bridgehead atoms. The van der Waals surface area contributed by atoms with Crippen LogP contribution in [0.4, 0.5) is 10.5 Å². The molecule has 2 saturated heterocycles. The zero-order valence-electron chi connectivity index (χ0n) is 13.4. The Hall–Kier alpha value is -1.37. The third-order valence-corrected chi connectivity index (χ3v) is 5.44. The molecule has 3 heterocycles. The average Bonchev–Trinajstić information content (AvgIpc) is 3.05. The van der Waals surface area contributed by atoms with Crippen LogP contribution in [0.15, 0.2) is 12.4 Å². The van der Waals surface area contributed by atoms with Crippen LogP contribution in [0.1, 0.15) is 18.9 Å². The zero-order chi connectivity index (χ0) is 15.5. The number of hydrogen-bond acceptors (Lipinski definition) is 4. The van der Waals surface area contributed by atoms with Gasteiger partial charge in [0.1, 0.15) is 0 Å². The molecule has 0 radical (unpaired) electrons. The fourth-order valence-electron chi connectivity index (χ4n) is 3.03. The summed E-state index contributed by atoms with van der Waals surface area (Å²) in [5, 5.41) is 4.48. The highest BCUT2D eigenvalue weighted by Crippen LogP contribution is 2.24. The van der Waals surface area contributed by atoms with E-state index in [0.717, 1.165) is 56.2 Å². The molecule has 2 amide bonds. The van der Waals surface area contributed by atoms with Gasteiger partial charge in [-0.2, -0.15) is 16.9 Å². The number of urea groups is 1.